The molecule has 0 aliphatic rings. The second-order valence-electron chi connectivity index (χ2n) is 3.44. The van der Waals surface area contributed by atoms with Gasteiger partial charge in [0.25, 0.3) is 0 Å². The standard InChI is InChI=1S/C8H24O9Si4/c1-8-21(15-18(9-2)10-3,16-19(11-4)12-5)17-20(13-6)14-7/h8,18-20H,1H2,2-7H3. The summed E-state index contributed by atoms with van der Waals surface area (Å²) in [7, 11) is -1.82. The van der Waals surface area contributed by atoms with E-state index in [1.54, 1.807) is 0 Å². The molecular formula is C8H24O9Si4. The second kappa shape index (κ2) is 11.8. The van der Waals surface area contributed by atoms with Gasteiger partial charge in [-0.25, -0.2) is 0 Å². The van der Waals surface area contributed by atoms with Gasteiger partial charge in [0, 0.05) is 42.7 Å². The van der Waals surface area contributed by atoms with Gasteiger partial charge < -0.3 is 38.9 Å². The molecule has 0 saturated carbocycles. The van der Waals surface area contributed by atoms with Crippen molar-refractivity contribution in [2.45, 2.75) is 0 Å². The molecule has 21 heavy (non-hydrogen) atoms. The van der Waals surface area contributed by atoms with Crippen LogP contribution >= 0.6 is 0 Å². The van der Waals surface area contributed by atoms with Crippen molar-refractivity contribution in [1.29, 1.82) is 0 Å². The summed E-state index contributed by atoms with van der Waals surface area (Å²) in [6, 6.07) is 0. The molecule has 0 amide bonds. The molecule has 0 atom stereocenters. The van der Waals surface area contributed by atoms with Gasteiger partial charge in [0.2, 0.25) is 0 Å². The molecule has 0 N–H and O–H groups in total. The first-order chi connectivity index (χ1) is 10.0. The van der Waals surface area contributed by atoms with Gasteiger partial charge in [0.05, 0.1) is 0 Å². The van der Waals surface area contributed by atoms with Crippen LogP contribution in [0.15, 0.2) is 12.3 Å². The first kappa shape index (κ1) is 21.2. The lowest BCUT2D eigenvalue weighted by molar-refractivity contribution is 0.103. The molecule has 0 saturated heterocycles. The molecule has 0 aliphatic carbocycles. The summed E-state index contributed by atoms with van der Waals surface area (Å²) in [5.74, 6) is 0. The van der Waals surface area contributed by atoms with Gasteiger partial charge in [-0.1, -0.05) is 0 Å². The fraction of sp³-hybridized carbons (Fsp3) is 0.750. The van der Waals surface area contributed by atoms with Crippen LogP contribution in [-0.2, 0) is 38.9 Å². The molecule has 9 nitrogen and oxygen atoms in total. The Balaban J connectivity index is 5.19. The summed E-state index contributed by atoms with van der Waals surface area (Å²) in [5, 5.41) is 0. The third kappa shape index (κ3) is 7.37. The summed E-state index contributed by atoms with van der Waals surface area (Å²) in [4.78, 5) is 0. The van der Waals surface area contributed by atoms with Crippen molar-refractivity contribution >= 4 is 37.4 Å². The molecule has 0 heterocycles. The van der Waals surface area contributed by atoms with E-state index in [4.69, 9.17) is 38.9 Å². The van der Waals surface area contributed by atoms with Crippen molar-refractivity contribution < 1.29 is 38.9 Å². The highest BCUT2D eigenvalue weighted by Gasteiger charge is 2.47. The van der Waals surface area contributed by atoms with Crippen molar-refractivity contribution in [1.82, 2.24) is 0 Å². The van der Waals surface area contributed by atoms with Crippen molar-refractivity contribution in [3.63, 3.8) is 0 Å². The zero-order valence-electron chi connectivity index (χ0n) is 13.2. The highest BCUT2D eigenvalue weighted by molar-refractivity contribution is 6.79. The summed E-state index contributed by atoms with van der Waals surface area (Å²) in [5.41, 5.74) is 1.45. The molecular weight excluding hydrogens is 352 g/mol. The van der Waals surface area contributed by atoms with Crippen LogP contribution in [-0.4, -0.2) is 80.0 Å². The smallest absolute Gasteiger partial charge is 0.380 e. The number of hydrogen-bond donors (Lipinski definition) is 0. The lowest BCUT2D eigenvalue weighted by Gasteiger charge is -2.32. The lowest BCUT2D eigenvalue weighted by atomic mass is 11.3. The van der Waals surface area contributed by atoms with Crippen molar-refractivity contribution in [2.24, 2.45) is 0 Å². The van der Waals surface area contributed by atoms with Crippen molar-refractivity contribution in [3.8, 4) is 0 Å². The Labute approximate surface area is 131 Å². The molecule has 0 aromatic rings. The Morgan fingerprint density at radius 3 is 1.00 bits per heavy atom. The third-order valence-electron chi connectivity index (χ3n) is 2.19. The predicted octanol–water partition coefficient (Wildman–Crippen LogP) is -1.27. The largest absolute Gasteiger partial charge is 0.506 e. The average Bonchev–Trinajstić information content (AvgIpc) is 2.54. The van der Waals surface area contributed by atoms with Gasteiger partial charge >= 0.3 is 37.4 Å². The predicted molar refractivity (Wildman–Crippen MR) is 82.7 cm³/mol. The van der Waals surface area contributed by atoms with Gasteiger partial charge in [-0.2, -0.15) is 0 Å². The Morgan fingerprint density at radius 1 is 0.619 bits per heavy atom. The van der Waals surface area contributed by atoms with E-state index >= 15 is 0 Å². The molecule has 0 spiro atoms. The van der Waals surface area contributed by atoms with Crippen LogP contribution in [0.5, 0.6) is 0 Å². The van der Waals surface area contributed by atoms with Crippen LogP contribution in [0.4, 0.5) is 0 Å². The van der Waals surface area contributed by atoms with E-state index in [9.17, 15) is 0 Å². The highest BCUT2D eigenvalue weighted by atomic mass is 28.5. The van der Waals surface area contributed by atoms with Crippen LogP contribution in [0.25, 0.3) is 0 Å². The Kier molecular flexibility index (Phi) is 11.9. The molecule has 13 heteroatoms. The summed E-state index contributed by atoms with van der Waals surface area (Å²) in [6.45, 7) is 3.72. The van der Waals surface area contributed by atoms with E-state index in [0.717, 1.165) is 0 Å². The monoisotopic (exact) mass is 376 g/mol. The number of rotatable bonds is 13. The highest BCUT2D eigenvalue weighted by Crippen LogP contribution is 2.17. The molecule has 0 bridgehead atoms. The van der Waals surface area contributed by atoms with Crippen LogP contribution in [0.2, 0.25) is 0 Å². The summed E-state index contributed by atoms with van der Waals surface area (Å²) < 4.78 is 48.2. The first-order valence-corrected chi connectivity index (χ1v) is 11.9. The van der Waals surface area contributed by atoms with Crippen molar-refractivity contribution in [3.05, 3.63) is 12.3 Å². The number of hydrogen-bond acceptors (Lipinski definition) is 9. The SMILES string of the molecule is C=C[Si](O[SiH](OC)OC)(O[SiH](OC)OC)O[SiH](OC)OC. The minimum Gasteiger partial charge on any atom is -0.380 e. The molecule has 126 valence electrons. The molecule has 0 fully saturated rings. The molecule has 0 unspecified atom stereocenters. The van der Waals surface area contributed by atoms with E-state index in [0.29, 0.717) is 0 Å². The minimum absolute atomic E-state index is 1.45. The molecule has 0 aromatic carbocycles. The molecule has 0 aromatic heterocycles. The second-order valence-corrected chi connectivity index (χ2v) is 12.4. The fourth-order valence-corrected chi connectivity index (χ4v) is 10.6. The maximum atomic E-state index is 5.77. The quantitative estimate of drug-likeness (QED) is 0.365. The Bertz CT molecular complexity index is 236. The topological polar surface area (TPSA) is 83.1 Å². The summed E-state index contributed by atoms with van der Waals surface area (Å²) >= 11 is 0. The molecule has 0 aliphatic heterocycles. The van der Waals surface area contributed by atoms with Gasteiger partial charge in [0.15, 0.2) is 0 Å². The Hall–Kier alpha value is 0.248. The van der Waals surface area contributed by atoms with Crippen LogP contribution in [0.3, 0.4) is 0 Å². The maximum absolute atomic E-state index is 5.77. The zero-order valence-corrected chi connectivity index (χ0v) is 17.7. The summed E-state index contributed by atoms with van der Waals surface area (Å²) in [6.07, 6.45) is 0. The van der Waals surface area contributed by atoms with Gasteiger partial charge in [-0.05, 0) is 5.70 Å². The van der Waals surface area contributed by atoms with E-state index in [-0.39, 0.29) is 0 Å². The zero-order chi connectivity index (χ0) is 16.3. The van der Waals surface area contributed by atoms with Crippen LogP contribution < -0.4 is 0 Å². The van der Waals surface area contributed by atoms with Gasteiger partial charge in [-0.3, -0.25) is 0 Å². The normalized spacial score (nSPS) is 12.6. The average molecular weight is 377 g/mol. The maximum Gasteiger partial charge on any atom is 0.506 e. The molecule has 0 radical (unpaired) electrons. The lowest BCUT2D eigenvalue weighted by Crippen LogP contribution is -2.56. The Morgan fingerprint density at radius 2 is 0.857 bits per heavy atom. The first-order valence-electron chi connectivity index (χ1n) is 5.88. The molecule has 0 rings (SSSR count). The van der Waals surface area contributed by atoms with Gasteiger partial charge in [-0.15, -0.1) is 6.58 Å². The minimum atomic E-state index is -3.39. The fourth-order valence-electron chi connectivity index (χ4n) is 1.21. The third-order valence-corrected chi connectivity index (χ3v) is 11.2. The van der Waals surface area contributed by atoms with Crippen LogP contribution in [0, 0.1) is 0 Å². The van der Waals surface area contributed by atoms with E-state index in [2.05, 4.69) is 6.58 Å². The van der Waals surface area contributed by atoms with Crippen LogP contribution in [0.1, 0.15) is 0 Å². The van der Waals surface area contributed by atoms with Gasteiger partial charge in [0.1, 0.15) is 0 Å². The van der Waals surface area contributed by atoms with E-state index in [1.165, 1.54) is 48.4 Å². The van der Waals surface area contributed by atoms with Crippen molar-refractivity contribution in [2.75, 3.05) is 42.7 Å². The van der Waals surface area contributed by atoms with E-state index in [1.807, 2.05) is 0 Å². The van der Waals surface area contributed by atoms with E-state index < -0.39 is 37.4 Å².